The molecule has 1 aromatic heterocycles. The van der Waals surface area contributed by atoms with Crippen LogP contribution in [0, 0.1) is 5.92 Å². The van der Waals surface area contributed by atoms with E-state index in [-0.39, 0.29) is 5.60 Å². The Morgan fingerprint density at radius 3 is 2.70 bits per heavy atom. The zero-order chi connectivity index (χ0) is 18.1. The van der Waals surface area contributed by atoms with Gasteiger partial charge in [0.2, 0.25) is 0 Å². The predicted molar refractivity (Wildman–Crippen MR) is 106 cm³/mol. The summed E-state index contributed by atoms with van der Waals surface area (Å²) in [5.41, 5.74) is 2.35. The average molecular weight is 367 g/mol. The lowest BCUT2D eigenvalue weighted by Crippen LogP contribution is -2.64. The van der Waals surface area contributed by atoms with Crippen molar-refractivity contribution in [1.29, 1.82) is 0 Å². The van der Waals surface area contributed by atoms with E-state index >= 15 is 0 Å². The van der Waals surface area contributed by atoms with E-state index in [1.54, 1.807) is 0 Å². The van der Waals surface area contributed by atoms with E-state index in [0.29, 0.717) is 5.92 Å². The lowest BCUT2D eigenvalue weighted by molar-refractivity contribution is -0.184. The molecule has 0 N–H and O–H groups in total. The lowest BCUT2D eigenvalue weighted by atomic mass is 9.82. The van der Waals surface area contributed by atoms with Gasteiger partial charge < -0.3 is 9.47 Å². The largest absolute Gasteiger partial charge is 0.379 e. The Balaban J connectivity index is 1.11. The SMILES string of the molecule is c1ccc2nc(CN3CC4(CC[C@@H](CN5CCOCC5)CO4)C3)ccc2c1. The number of likely N-dealkylation sites (tertiary alicyclic amines) is 1. The molecule has 3 saturated heterocycles. The molecule has 0 saturated carbocycles. The summed E-state index contributed by atoms with van der Waals surface area (Å²) in [5.74, 6) is 0.685. The Hall–Kier alpha value is -1.53. The van der Waals surface area contributed by atoms with Crippen LogP contribution >= 0.6 is 0 Å². The number of rotatable bonds is 4. The number of benzene rings is 1. The van der Waals surface area contributed by atoms with Crippen LogP contribution in [0.15, 0.2) is 36.4 Å². The first-order chi connectivity index (χ1) is 13.3. The topological polar surface area (TPSA) is 37.8 Å². The first kappa shape index (κ1) is 17.6. The Morgan fingerprint density at radius 2 is 1.89 bits per heavy atom. The molecule has 1 atom stereocenters. The van der Waals surface area contributed by atoms with Crippen LogP contribution in [0.5, 0.6) is 0 Å². The summed E-state index contributed by atoms with van der Waals surface area (Å²) in [7, 11) is 0. The van der Waals surface area contributed by atoms with E-state index in [2.05, 4.69) is 46.2 Å². The summed E-state index contributed by atoms with van der Waals surface area (Å²) in [5, 5.41) is 1.21. The van der Waals surface area contributed by atoms with Gasteiger partial charge in [0.05, 0.1) is 36.6 Å². The minimum Gasteiger partial charge on any atom is -0.379 e. The third-order valence-corrected chi connectivity index (χ3v) is 6.32. The molecule has 27 heavy (non-hydrogen) atoms. The second-order valence-electron chi connectivity index (χ2n) is 8.45. The molecule has 0 unspecified atom stereocenters. The van der Waals surface area contributed by atoms with Crippen molar-refractivity contribution in [2.75, 3.05) is 52.5 Å². The van der Waals surface area contributed by atoms with Gasteiger partial charge in [-0.05, 0) is 30.9 Å². The molecule has 0 amide bonds. The van der Waals surface area contributed by atoms with Crippen molar-refractivity contribution in [1.82, 2.24) is 14.8 Å². The fourth-order valence-corrected chi connectivity index (χ4v) is 4.77. The summed E-state index contributed by atoms with van der Waals surface area (Å²) in [6.45, 7) is 9.03. The average Bonchev–Trinajstić information content (AvgIpc) is 2.69. The van der Waals surface area contributed by atoms with Gasteiger partial charge in [0.15, 0.2) is 0 Å². The van der Waals surface area contributed by atoms with E-state index in [1.807, 2.05) is 0 Å². The molecule has 2 aromatic rings. The predicted octanol–water partition coefficient (Wildman–Crippen LogP) is 2.55. The summed E-state index contributed by atoms with van der Waals surface area (Å²) < 4.78 is 11.8. The van der Waals surface area contributed by atoms with Crippen LogP contribution in [-0.4, -0.2) is 72.9 Å². The number of ether oxygens (including phenoxy) is 2. The molecule has 144 valence electrons. The quantitative estimate of drug-likeness (QED) is 0.830. The molecule has 3 fully saturated rings. The molecule has 1 spiro atoms. The molecule has 1 aromatic carbocycles. The fraction of sp³-hybridized carbons (Fsp3) is 0.591. The van der Waals surface area contributed by atoms with E-state index in [9.17, 15) is 0 Å². The van der Waals surface area contributed by atoms with E-state index in [4.69, 9.17) is 14.5 Å². The molecule has 4 heterocycles. The van der Waals surface area contributed by atoms with Crippen molar-refractivity contribution in [3.63, 3.8) is 0 Å². The van der Waals surface area contributed by atoms with E-state index in [0.717, 1.165) is 63.8 Å². The Bertz CT molecular complexity index is 774. The number of hydrogen-bond donors (Lipinski definition) is 0. The second-order valence-corrected chi connectivity index (χ2v) is 8.45. The van der Waals surface area contributed by atoms with Crippen molar-refractivity contribution in [2.45, 2.75) is 25.0 Å². The molecule has 0 aliphatic carbocycles. The standard InChI is InChI=1S/C22H29N3O2/c1-2-4-21-19(3-1)5-6-20(23-21)14-25-16-22(17-25)8-7-18(15-27-22)13-24-9-11-26-12-10-24/h1-6,18H,7-17H2/t18-/m0/s1. The molecule has 5 heteroatoms. The van der Waals surface area contributed by atoms with Crippen LogP contribution in [0.3, 0.4) is 0 Å². The van der Waals surface area contributed by atoms with Gasteiger partial charge in [-0.25, -0.2) is 0 Å². The van der Waals surface area contributed by atoms with Crippen molar-refractivity contribution >= 4 is 10.9 Å². The normalized spacial score (nSPS) is 26.3. The number of aromatic nitrogens is 1. The number of hydrogen-bond acceptors (Lipinski definition) is 5. The minimum absolute atomic E-state index is 0.109. The van der Waals surface area contributed by atoms with Crippen LogP contribution < -0.4 is 0 Å². The van der Waals surface area contributed by atoms with E-state index in [1.165, 1.54) is 24.8 Å². The highest BCUT2D eigenvalue weighted by Gasteiger charge is 2.46. The molecule has 0 bridgehead atoms. The van der Waals surface area contributed by atoms with Gasteiger partial charge in [0, 0.05) is 44.7 Å². The fourth-order valence-electron chi connectivity index (χ4n) is 4.77. The Kier molecular flexibility index (Phi) is 4.86. The Morgan fingerprint density at radius 1 is 1.04 bits per heavy atom. The van der Waals surface area contributed by atoms with Gasteiger partial charge >= 0.3 is 0 Å². The van der Waals surface area contributed by atoms with Crippen molar-refractivity contribution in [3.8, 4) is 0 Å². The molecule has 3 aliphatic heterocycles. The third kappa shape index (κ3) is 3.87. The summed E-state index contributed by atoms with van der Waals surface area (Å²) in [4.78, 5) is 9.82. The van der Waals surface area contributed by atoms with Crippen LogP contribution in [0.25, 0.3) is 10.9 Å². The van der Waals surface area contributed by atoms with Crippen LogP contribution in [0.1, 0.15) is 18.5 Å². The molecule has 3 aliphatic rings. The van der Waals surface area contributed by atoms with Gasteiger partial charge in [0.1, 0.15) is 0 Å². The van der Waals surface area contributed by atoms with E-state index < -0.39 is 0 Å². The second kappa shape index (κ2) is 7.47. The maximum Gasteiger partial charge on any atom is 0.0935 e. The van der Waals surface area contributed by atoms with Crippen LogP contribution in [0.4, 0.5) is 0 Å². The first-order valence-electron chi connectivity index (χ1n) is 10.3. The number of nitrogens with zero attached hydrogens (tertiary/aromatic N) is 3. The highest BCUT2D eigenvalue weighted by molar-refractivity contribution is 5.78. The molecular weight excluding hydrogens is 338 g/mol. The number of pyridine rings is 1. The Labute approximate surface area is 161 Å². The number of morpholine rings is 1. The number of para-hydroxylation sites is 1. The molecule has 0 radical (unpaired) electrons. The zero-order valence-corrected chi connectivity index (χ0v) is 16.0. The first-order valence-corrected chi connectivity index (χ1v) is 10.3. The highest BCUT2D eigenvalue weighted by atomic mass is 16.5. The van der Waals surface area contributed by atoms with Gasteiger partial charge in [-0.15, -0.1) is 0 Å². The monoisotopic (exact) mass is 367 g/mol. The number of fused-ring (bicyclic) bond motifs is 1. The van der Waals surface area contributed by atoms with Gasteiger partial charge in [-0.2, -0.15) is 0 Å². The van der Waals surface area contributed by atoms with Gasteiger partial charge in [0.25, 0.3) is 0 Å². The van der Waals surface area contributed by atoms with Gasteiger partial charge in [-0.1, -0.05) is 24.3 Å². The summed E-state index contributed by atoms with van der Waals surface area (Å²) in [6.07, 6.45) is 2.49. The molecule has 5 rings (SSSR count). The lowest BCUT2D eigenvalue weighted by Gasteiger charge is -2.53. The minimum atomic E-state index is 0.109. The summed E-state index contributed by atoms with van der Waals surface area (Å²) in [6, 6.07) is 12.7. The van der Waals surface area contributed by atoms with Crippen molar-refractivity contribution in [3.05, 3.63) is 42.1 Å². The molecular formula is C22H29N3O2. The smallest absolute Gasteiger partial charge is 0.0935 e. The van der Waals surface area contributed by atoms with Crippen molar-refractivity contribution in [2.24, 2.45) is 5.92 Å². The van der Waals surface area contributed by atoms with Crippen molar-refractivity contribution < 1.29 is 9.47 Å². The maximum atomic E-state index is 6.37. The maximum absolute atomic E-state index is 6.37. The zero-order valence-electron chi connectivity index (χ0n) is 16.0. The van der Waals surface area contributed by atoms with Crippen LogP contribution in [0.2, 0.25) is 0 Å². The summed E-state index contributed by atoms with van der Waals surface area (Å²) >= 11 is 0. The highest BCUT2D eigenvalue weighted by Crippen LogP contribution is 2.37. The van der Waals surface area contributed by atoms with Gasteiger partial charge in [-0.3, -0.25) is 14.8 Å². The third-order valence-electron chi connectivity index (χ3n) is 6.32. The molecule has 5 nitrogen and oxygen atoms in total. The van der Waals surface area contributed by atoms with Crippen LogP contribution in [-0.2, 0) is 16.0 Å².